The summed E-state index contributed by atoms with van der Waals surface area (Å²) in [6.45, 7) is 0. The minimum Gasteiger partial charge on any atom is -0.478 e. The first-order valence-corrected chi connectivity index (χ1v) is 3.56. The van der Waals surface area contributed by atoms with Crippen molar-refractivity contribution in [1.82, 2.24) is 0 Å². The zero-order valence-electron chi connectivity index (χ0n) is 6.70. The number of rotatable bonds is 2. The highest BCUT2D eigenvalue weighted by Crippen LogP contribution is 2.15. The van der Waals surface area contributed by atoms with Crippen LogP contribution in [0.1, 0.15) is 5.56 Å². The molecule has 0 bridgehead atoms. The molecule has 1 aromatic rings. The maximum Gasteiger partial charge on any atom is 0.328 e. The number of nitrogens with two attached hydrogens (primary N) is 1. The fourth-order valence-electron chi connectivity index (χ4n) is 0.858. The normalized spacial score (nSPS) is 10.5. The van der Waals surface area contributed by atoms with Gasteiger partial charge in [-0.2, -0.15) is 0 Å². The monoisotopic (exact) mass is 181 g/mol. The molecule has 3 N–H and O–H groups in total. The summed E-state index contributed by atoms with van der Waals surface area (Å²) in [6, 6.07) is 4.42. The van der Waals surface area contributed by atoms with Gasteiger partial charge in [-0.1, -0.05) is 12.1 Å². The number of halogens is 1. The Morgan fingerprint density at radius 1 is 1.54 bits per heavy atom. The summed E-state index contributed by atoms with van der Waals surface area (Å²) in [4.78, 5) is 10.1. The molecule has 0 heterocycles. The second-order valence-electron chi connectivity index (χ2n) is 2.42. The third kappa shape index (κ3) is 2.30. The van der Waals surface area contributed by atoms with Crippen molar-refractivity contribution in [3.8, 4) is 0 Å². The number of hydrogen-bond acceptors (Lipinski definition) is 2. The minimum absolute atomic E-state index is 0.00698. The van der Waals surface area contributed by atoms with Crippen molar-refractivity contribution in [1.29, 1.82) is 0 Å². The fourth-order valence-corrected chi connectivity index (χ4v) is 0.858. The number of carboxylic acids is 1. The van der Waals surface area contributed by atoms with Crippen LogP contribution in [0.4, 0.5) is 10.1 Å². The molecular weight excluding hydrogens is 173 g/mol. The molecule has 0 atom stereocenters. The van der Waals surface area contributed by atoms with Crippen LogP contribution >= 0.6 is 0 Å². The van der Waals surface area contributed by atoms with E-state index >= 15 is 0 Å². The Morgan fingerprint density at radius 2 is 2.23 bits per heavy atom. The summed E-state index contributed by atoms with van der Waals surface area (Å²) >= 11 is 0. The van der Waals surface area contributed by atoms with Gasteiger partial charge < -0.3 is 10.8 Å². The molecule has 68 valence electrons. The average Bonchev–Trinajstić information content (AvgIpc) is 2.07. The van der Waals surface area contributed by atoms with E-state index in [0.29, 0.717) is 0 Å². The van der Waals surface area contributed by atoms with Crippen LogP contribution < -0.4 is 5.73 Å². The number of carbonyl (C=O) groups is 1. The third-order valence-electron chi connectivity index (χ3n) is 1.46. The molecule has 0 spiro atoms. The van der Waals surface area contributed by atoms with Gasteiger partial charge in [-0.05, 0) is 12.1 Å². The number of benzene rings is 1. The molecule has 0 aliphatic carbocycles. The van der Waals surface area contributed by atoms with E-state index in [2.05, 4.69) is 0 Å². The number of carboxylic acid groups (broad SMARTS) is 1. The van der Waals surface area contributed by atoms with Gasteiger partial charge >= 0.3 is 5.97 Å². The lowest BCUT2D eigenvalue weighted by atomic mass is 10.2. The molecule has 13 heavy (non-hydrogen) atoms. The van der Waals surface area contributed by atoms with E-state index in [4.69, 9.17) is 10.8 Å². The van der Waals surface area contributed by atoms with Gasteiger partial charge in [-0.25, -0.2) is 9.18 Å². The van der Waals surface area contributed by atoms with Gasteiger partial charge in [0.2, 0.25) is 0 Å². The molecule has 0 fully saturated rings. The van der Waals surface area contributed by atoms with Crippen LogP contribution in [0.25, 0.3) is 6.08 Å². The standard InChI is InChI=1S/C9H8FNO2/c10-9-6(4-5-8(12)13)2-1-3-7(9)11/h1-5H,11H2,(H,12,13)/b5-4+. The molecule has 0 saturated heterocycles. The Bertz CT molecular complexity index is 361. The molecule has 0 aliphatic heterocycles. The van der Waals surface area contributed by atoms with Crippen LogP contribution in [0.2, 0.25) is 0 Å². The van der Waals surface area contributed by atoms with Gasteiger partial charge in [0.1, 0.15) is 0 Å². The van der Waals surface area contributed by atoms with Crippen LogP contribution in [-0.2, 0) is 4.79 Å². The molecule has 0 amide bonds. The van der Waals surface area contributed by atoms with Crippen molar-refractivity contribution in [3.63, 3.8) is 0 Å². The fraction of sp³-hybridized carbons (Fsp3) is 0. The van der Waals surface area contributed by atoms with Gasteiger partial charge in [0.05, 0.1) is 5.69 Å². The topological polar surface area (TPSA) is 63.3 Å². The first-order valence-electron chi connectivity index (χ1n) is 3.56. The molecule has 0 aliphatic rings. The minimum atomic E-state index is -1.12. The predicted molar refractivity (Wildman–Crippen MR) is 47.5 cm³/mol. The summed E-state index contributed by atoms with van der Waals surface area (Å²) in [5.41, 5.74) is 5.45. The van der Waals surface area contributed by atoms with E-state index in [1.807, 2.05) is 0 Å². The van der Waals surface area contributed by atoms with Crippen molar-refractivity contribution < 1.29 is 14.3 Å². The zero-order chi connectivity index (χ0) is 9.84. The van der Waals surface area contributed by atoms with Gasteiger partial charge in [0, 0.05) is 11.6 Å². The highest BCUT2D eigenvalue weighted by Gasteiger charge is 2.01. The van der Waals surface area contributed by atoms with E-state index in [9.17, 15) is 9.18 Å². The lowest BCUT2D eigenvalue weighted by Gasteiger charge is -1.98. The Hall–Kier alpha value is -1.84. The third-order valence-corrected chi connectivity index (χ3v) is 1.46. The van der Waals surface area contributed by atoms with E-state index in [-0.39, 0.29) is 11.3 Å². The van der Waals surface area contributed by atoms with E-state index < -0.39 is 11.8 Å². The molecule has 0 radical (unpaired) electrons. The summed E-state index contributed by atoms with van der Waals surface area (Å²) in [6.07, 6.45) is 2.02. The molecule has 0 saturated carbocycles. The van der Waals surface area contributed by atoms with Gasteiger partial charge in [-0.15, -0.1) is 0 Å². The Labute approximate surface area is 74.3 Å². The molecule has 0 unspecified atom stereocenters. The van der Waals surface area contributed by atoms with E-state index in [1.54, 1.807) is 6.07 Å². The van der Waals surface area contributed by atoms with Crippen LogP contribution in [0.15, 0.2) is 24.3 Å². The number of anilines is 1. The van der Waals surface area contributed by atoms with Crippen LogP contribution in [0.3, 0.4) is 0 Å². The smallest absolute Gasteiger partial charge is 0.328 e. The Kier molecular flexibility index (Phi) is 2.64. The van der Waals surface area contributed by atoms with Gasteiger partial charge in [0.15, 0.2) is 5.82 Å². The molecule has 0 aromatic heterocycles. The molecule has 1 rings (SSSR count). The zero-order valence-corrected chi connectivity index (χ0v) is 6.70. The van der Waals surface area contributed by atoms with Crippen molar-refractivity contribution in [3.05, 3.63) is 35.7 Å². The summed E-state index contributed by atoms with van der Waals surface area (Å²) < 4.78 is 13.1. The average molecular weight is 181 g/mol. The van der Waals surface area contributed by atoms with Crippen LogP contribution in [-0.4, -0.2) is 11.1 Å². The van der Waals surface area contributed by atoms with Gasteiger partial charge in [0.25, 0.3) is 0 Å². The maximum atomic E-state index is 13.1. The van der Waals surface area contributed by atoms with Crippen molar-refractivity contribution in [2.24, 2.45) is 0 Å². The van der Waals surface area contributed by atoms with E-state index in [1.165, 1.54) is 12.1 Å². The van der Waals surface area contributed by atoms with Crippen molar-refractivity contribution in [2.45, 2.75) is 0 Å². The van der Waals surface area contributed by atoms with Crippen molar-refractivity contribution in [2.75, 3.05) is 5.73 Å². The quantitative estimate of drug-likeness (QED) is 0.536. The molecule has 3 nitrogen and oxygen atoms in total. The predicted octanol–water partition coefficient (Wildman–Crippen LogP) is 1.51. The first kappa shape index (κ1) is 9.25. The Morgan fingerprint density at radius 3 is 2.85 bits per heavy atom. The van der Waals surface area contributed by atoms with Crippen molar-refractivity contribution >= 4 is 17.7 Å². The summed E-state index contributed by atoms with van der Waals surface area (Å²) in [7, 11) is 0. The van der Waals surface area contributed by atoms with Crippen LogP contribution in [0, 0.1) is 5.82 Å². The number of nitrogen functional groups attached to an aromatic ring is 1. The molecular formula is C9H8FNO2. The number of hydrogen-bond donors (Lipinski definition) is 2. The summed E-state index contributed by atoms with van der Waals surface area (Å²) in [5.74, 6) is -1.72. The molecule has 1 aromatic carbocycles. The van der Waals surface area contributed by atoms with E-state index in [0.717, 1.165) is 12.2 Å². The highest BCUT2D eigenvalue weighted by molar-refractivity contribution is 5.85. The summed E-state index contributed by atoms with van der Waals surface area (Å²) in [5, 5.41) is 8.29. The maximum absolute atomic E-state index is 13.1. The van der Waals surface area contributed by atoms with Gasteiger partial charge in [-0.3, -0.25) is 0 Å². The second kappa shape index (κ2) is 3.71. The lowest BCUT2D eigenvalue weighted by Crippen LogP contribution is -1.93. The SMILES string of the molecule is Nc1cccc(/C=C/C(=O)O)c1F. The lowest BCUT2D eigenvalue weighted by molar-refractivity contribution is -0.131. The first-order chi connectivity index (χ1) is 6.11. The highest BCUT2D eigenvalue weighted by atomic mass is 19.1. The molecule has 4 heteroatoms. The Balaban J connectivity index is 3.02. The second-order valence-corrected chi connectivity index (χ2v) is 2.42. The number of aliphatic carboxylic acids is 1. The van der Waals surface area contributed by atoms with Crippen LogP contribution in [0.5, 0.6) is 0 Å². The largest absolute Gasteiger partial charge is 0.478 e.